The van der Waals surface area contributed by atoms with Crippen LogP contribution in [0.1, 0.15) is 19.8 Å². The van der Waals surface area contributed by atoms with E-state index in [0.29, 0.717) is 25.6 Å². The SMILES string of the molecule is CN(CC1CC(O)C1)C(=O)N1CC(C)(OCC(=O)O)C1. The zero-order chi connectivity index (χ0) is 14.9. The van der Waals surface area contributed by atoms with Gasteiger partial charge in [0.15, 0.2) is 0 Å². The van der Waals surface area contributed by atoms with Gasteiger partial charge in [0.05, 0.1) is 19.2 Å². The number of carbonyl (C=O) groups is 2. The Morgan fingerprint density at radius 1 is 1.40 bits per heavy atom. The van der Waals surface area contributed by atoms with Crippen molar-refractivity contribution in [3.63, 3.8) is 0 Å². The summed E-state index contributed by atoms with van der Waals surface area (Å²) in [7, 11) is 1.75. The zero-order valence-corrected chi connectivity index (χ0v) is 11.9. The predicted octanol–water partition coefficient (Wildman–Crippen LogP) is -0.0154. The number of carboxylic acid groups (broad SMARTS) is 1. The van der Waals surface area contributed by atoms with Crippen LogP contribution in [0, 0.1) is 5.92 Å². The van der Waals surface area contributed by atoms with E-state index in [1.807, 2.05) is 6.92 Å². The maximum atomic E-state index is 12.1. The summed E-state index contributed by atoms with van der Waals surface area (Å²) >= 11 is 0. The van der Waals surface area contributed by atoms with Gasteiger partial charge in [-0.3, -0.25) is 0 Å². The molecule has 2 N–H and O–H groups in total. The molecule has 1 heterocycles. The summed E-state index contributed by atoms with van der Waals surface area (Å²) in [5.41, 5.74) is -0.554. The van der Waals surface area contributed by atoms with Crippen LogP contribution >= 0.6 is 0 Å². The monoisotopic (exact) mass is 286 g/mol. The van der Waals surface area contributed by atoms with Crippen molar-refractivity contribution in [3.8, 4) is 0 Å². The number of hydrogen-bond donors (Lipinski definition) is 2. The van der Waals surface area contributed by atoms with Gasteiger partial charge in [-0.05, 0) is 25.7 Å². The van der Waals surface area contributed by atoms with E-state index in [2.05, 4.69) is 0 Å². The number of hydrogen-bond acceptors (Lipinski definition) is 4. The fourth-order valence-corrected chi connectivity index (χ4v) is 2.78. The molecular formula is C13H22N2O5. The van der Waals surface area contributed by atoms with Crippen molar-refractivity contribution in [2.24, 2.45) is 5.92 Å². The second-order valence-electron chi connectivity index (χ2n) is 6.14. The first-order chi connectivity index (χ1) is 9.29. The van der Waals surface area contributed by atoms with Crippen LogP contribution in [0.3, 0.4) is 0 Å². The van der Waals surface area contributed by atoms with Gasteiger partial charge in [-0.15, -0.1) is 0 Å². The van der Waals surface area contributed by atoms with Crippen LogP contribution in [0.5, 0.6) is 0 Å². The number of likely N-dealkylation sites (tertiary alicyclic amines) is 1. The van der Waals surface area contributed by atoms with E-state index in [4.69, 9.17) is 9.84 Å². The Morgan fingerprint density at radius 3 is 2.50 bits per heavy atom. The van der Waals surface area contributed by atoms with E-state index >= 15 is 0 Å². The van der Waals surface area contributed by atoms with E-state index in [0.717, 1.165) is 12.8 Å². The molecule has 7 heteroatoms. The van der Waals surface area contributed by atoms with E-state index in [1.54, 1.807) is 16.8 Å². The van der Waals surface area contributed by atoms with Crippen molar-refractivity contribution in [1.82, 2.24) is 9.80 Å². The average Bonchev–Trinajstić information content (AvgIpc) is 2.30. The number of urea groups is 1. The molecule has 0 bridgehead atoms. The zero-order valence-electron chi connectivity index (χ0n) is 11.9. The standard InChI is InChI=1S/C13H22N2O5/c1-13(20-6-11(17)18)7-15(8-13)12(19)14(2)5-9-3-10(16)4-9/h9-10,16H,3-8H2,1-2H3,(H,17,18). The van der Waals surface area contributed by atoms with Gasteiger partial charge in [0.2, 0.25) is 0 Å². The van der Waals surface area contributed by atoms with Crippen LogP contribution in [0.15, 0.2) is 0 Å². The van der Waals surface area contributed by atoms with Gasteiger partial charge in [-0.2, -0.15) is 0 Å². The van der Waals surface area contributed by atoms with Crippen molar-refractivity contribution >= 4 is 12.0 Å². The van der Waals surface area contributed by atoms with Crippen LogP contribution < -0.4 is 0 Å². The number of aliphatic hydroxyl groups excluding tert-OH is 1. The first-order valence-corrected chi connectivity index (χ1v) is 6.83. The number of aliphatic carboxylic acids is 1. The molecule has 0 atom stereocenters. The molecule has 114 valence electrons. The first-order valence-electron chi connectivity index (χ1n) is 6.83. The lowest BCUT2D eigenvalue weighted by molar-refractivity contribution is -0.160. The van der Waals surface area contributed by atoms with Crippen LogP contribution in [0.2, 0.25) is 0 Å². The molecule has 0 aromatic rings. The van der Waals surface area contributed by atoms with Crippen molar-refractivity contribution in [3.05, 3.63) is 0 Å². The van der Waals surface area contributed by atoms with Crippen molar-refractivity contribution < 1.29 is 24.5 Å². The lowest BCUT2D eigenvalue weighted by Crippen LogP contribution is -2.65. The molecule has 1 saturated heterocycles. The average molecular weight is 286 g/mol. The molecule has 0 aromatic carbocycles. The van der Waals surface area contributed by atoms with E-state index in [-0.39, 0.29) is 18.7 Å². The number of rotatable bonds is 5. The number of carbonyl (C=O) groups excluding carboxylic acids is 1. The van der Waals surface area contributed by atoms with E-state index in [1.165, 1.54) is 0 Å². The summed E-state index contributed by atoms with van der Waals surface area (Å²) in [5, 5.41) is 17.8. The Balaban J connectivity index is 1.71. The fourth-order valence-electron chi connectivity index (χ4n) is 2.78. The maximum absolute atomic E-state index is 12.1. The number of nitrogens with zero attached hydrogens (tertiary/aromatic N) is 2. The molecule has 1 aliphatic carbocycles. The Hall–Kier alpha value is -1.34. The minimum Gasteiger partial charge on any atom is -0.480 e. The second-order valence-corrected chi connectivity index (χ2v) is 6.14. The Labute approximate surface area is 118 Å². The third kappa shape index (κ3) is 3.40. The minimum atomic E-state index is -1.00. The quantitative estimate of drug-likeness (QED) is 0.741. The van der Waals surface area contributed by atoms with E-state index < -0.39 is 11.6 Å². The highest BCUT2D eigenvalue weighted by Gasteiger charge is 2.44. The van der Waals surface area contributed by atoms with Gasteiger partial charge in [0.25, 0.3) is 0 Å². The van der Waals surface area contributed by atoms with E-state index in [9.17, 15) is 14.7 Å². The Kier molecular flexibility index (Phi) is 4.19. The van der Waals surface area contributed by atoms with Crippen molar-refractivity contribution in [2.45, 2.75) is 31.5 Å². The van der Waals surface area contributed by atoms with Gasteiger partial charge < -0.3 is 24.7 Å². The summed E-state index contributed by atoms with van der Waals surface area (Å²) in [6.07, 6.45) is 1.31. The first kappa shape index (κ1) is 15.1. The van der Waals surface area contributed by atoms with Crippen LogP contribution in [-0.2, 0) is 9.53 Å². The Morgan fingerprint density at radius 2 is 2.00 bits per heavy atom. The second kappa shape index (κ2) is 5.57. The highest BCUT2D eigenvalue weighted by molar-refractivity contribution is 5.75. The molecule has 0 spiro atoms. The topological polar surface area (TPSA) is 90.3 Å². The molecule has 2 amide bonds. The molecule has 0 radical (unpaired) electrons. The fraction of sp³-hybridized carbons (Fsp3) is 0.846. The van der Waals surface area contributed by atoms with Crippen LogP contribution in [-0.4, -0.2) is 77.0 Å². The largest absolute Gasteiger partial charge is 0.480 e. The van der Waals surface area contributed by atoms with Gasteiger partial charge in [0, 0.05) is 13.6 Å². The smallest absolute Gasteiger partial charge is 0.329 e. The Bertz CT molecular complexity index is 388. The molecule has 2 aliphatic rings. The van der Waals surface area contributed by atoms with Gasteiger partial charge in [0.1, 0.15) is 12.2 Å². The number of carboxylic acids is 1. The number of ether oxygens (including phenoxy) is 1. The third-order valence-electron chi connectivity index (χ3n) is 3.93. The lowest BCUT2D eigenvalue weighted by atomic mass is 9.82. The van der Waals surface area contributed by atoms with Gasteiger partial charge in [-0.1, -0.05) is 0 Å². The normalized spacial score (nSPS) is 27.4. The summed E-state index contributed by atoms with van der Waals surface area (Å²) in [5.74, 6) is -0.619. The molecule has 7 nitrogen and oxygen atoms in total. The summed E-state index contributed by atoms with van der Waals surface area (Å²) in [6, 6.07) is -0.0669. The lowest BCUT2D eigenvalue weighted by Gasteiger charge is -2.48. The number of amides is 2. The molecule has 2 rings (SSSR count). The molecule has 0 aromatic heterocycles. The highest BCUT2D eigenvalue weighted by Crippen LogP contribution is 2.29. The maximum Gasteiger partial charge on any atom is 0.329 e. The number of aliphatic hydroxyl groups is 1. The molecule has 1 aliphatic heterocycles. The van der Waals surface area contributed by atoms with Crippen LogP contribution in [0.25, 0.3) is 0 Å². The summed E-state index contributed by atoms with van der Waals surface area (Å²) in [6.45, 7) is 2.95. The summed E-state index contributed by atoms with van der Waals surface area (Å²) in [4.78, 5) is 25.9. The molecule has 1 saturated carbocycles. The highest BCUT2D eigenvalue weighted by atomic mass is 16.5. The predicted molar refractivity (Wildman–Crippen MR) is 70.3 cm³/mol. The molecule has 2 fully saturated rings. The molecular weight excluding hydrogens is 264 g/mol. The molecule has 0 unspecified atom stereocenters. The van der Waals surface area contributed by atoms with Crippen molar-refractivity contribution in [1.29, 1.82) is 0 Å². The van der Waals surface area contributed by atoms with Gasteiger partial charge in [-0.25, -0.2) is 9.59 Å². The van der Waals surface area contributed by atoms with Crippen molar-refractivity contribution in [2.75, 3.05) is 33.3 Å². The third-order valence-corrected chi connectivity index (χ3v) is 3.93. The van der Waals surface area contributed by atoms with Crippen LogP contribution in [0.4, 0.5) is 4.79 Å². The minimum absolute atomic E-state index is 0.0669. The molecule has 20 heavy (non-hydrogen) atoms. The van der Waals surface area contributed by atoms with Gasteiger partial charge >= 0.3 is 12.0 Å². The summed E-state index contributed by atoms with van der Waals surface area (Å²) < 4.78 is 5.27.